The predicted octanol–water partition coefficient (Wildman–Crippen LogP) is 3.22. The molecule has 1 saturated heterocycles. The van der Waals surface area contributed by atoms with Crippen LogP contribution in [-0.2, 0) is 0 Å². The van der Waals surface area contributed by atoms with Gasteiger partial charge in [0.15, 0.2) is 0 Å². The molecule has 0 bridgehead atoms. The Morgan fingerprint density at radius 1 is 1.29 bits per heavy atom. The second-order valence-corrected chi connectivity index (χ2v) is 7.45. The van der Waals surface area contributed by atoms with E-state index < -0.39 is 0 Å². The van der Waals surface area contributed by atoms with E-state index in [1.54, 1.807) is 0 Å². The van der Waals surface area contributed by atoms with Crippen LogP contribution in [0.4, 0.5) is 0 Å². The van der Waals surface area contributed by atoms with Gasteiger partial charge in [-0.3, -0.25) is 4.90 Å². The molecular weight excluding hydrogens is 260 g/mol. The average Bonchev–Trinajstić information content (AvgIpc) is 2.89. The zero-order chi connectivity index (χ0) is 15.0. The summed E-state index contributed by atoms with van der Waals surface area (Å²) in [6, 6.07) is 10.1. The highest BCUT2D eigenvalue weighted by atomic mass is 16.5. The molecule has 1 N–H and O–H groups in total. The number of hydrogen-bond donors (Lipinski definition) is 1. The van der Waals surface area contributed by atoms with E-state index in [1.807, 2.05) is 0 Å². The number of rotatable bonds is 2. The molecule has 0 saturated carbocycles. The van der Waals surface area contributed by atoms with E-state index in [0.717, 1.165) is 25.4 Å². The Kier molecular flexibility index (Phi) is 3.98. The summed E-state index contributed by atoms with van der Waals surface area (Å²) in [4.78, 5) is 2.68. The summed E-state index contributed by atoms with van der Waals surface area (Å²) in [5.41, 5.74) is 1.65. The Hall–Kier alpha value is -1.06. The second kappa shape index (κ2) is 5.62. The van der Waals surface area contributed by atoms with Crippen molar-refractivity contribution >= 4 is 0 Å². The molecule has 1 fully saturated rings. The van der Waals surface area contributed by atoms with Gasteiger partial charge in [-0.1, -0.05) is 45.9 Å². The van der Waals surface area contributed by atoms with E-state index in [9.17, 15) is 0 Å². The molecule has 116 valence electrons. The van der Waals surface area contributed by atoms with E-state index >= 15 is 0 Å². The van der Waals surface area contributed by atoms with Crippen molar-refractivity contribution < 1.29 is 4.74 Å². The lowest BCUT2D eigenvalue weighted by Crippen LogP contribution is -2.60. The van der Waals surface area contributed by atoms with Crippen molar-refractivity contribution in [2.75, 3.05) is 19.7 Å². The topological polar surface area (TPSA) is 24.5 Å². The van der Waals surface area contributed by atoms with Crippen molar-refractivity contribution in [3.05, 3.63) is 29.8 Å². The van der Waals surface area contributed by atoms with Gasteiger partial charge in [0, 0.05) is 30.7 Å². The van der Waals surface area contributed by atoms with Crippen LogP contribution in [0.3, 0.4) is 0 Å². The molecular formula is C18H28N2O. The van der Waals surface area contributed by atoms with Crippen LogP contribution < -0.4 is 10.1 Å². The SMILES string of the molecule is CCC1CNC(C(C)(C)C)CN1C1COc2ccccc21. The highest BCUT2D eigenvalue weighted by molar-refractivity contribution is 5.39. The van der Waals surface area contributed by atoms with Crippen molar-refractivity contribution in [2.24, 2.45) is 5.41 Å². The molecule has 21 heavy (non-hydrogen) atoms. The first-order valence-electron chi connectivity index (χ1n) is 8.21. The van der Waals surface area contributed by atoms with Gasteiger partial charge in [-0.25, -0.2) is 0 Å². The smallest absolute Gasteiger partial charge is 0.124 e. The van der Waals surface area contributed by atoms with Crippen molar-refractivity contribution in [3.63, 3.8) is 0 Å². The fourth-order valence-electron chi connectivity index (χ4n) is 3.58. The van der Waals surface area contributed by atoms with Gasteiger partial charge in [0.05, 0.1) is 6.04 Å². The van der Waals surface area contributed by atoms with Crippen molar-refractivity contribution in [1.29, 1.82) is 0 Å². The lowest BCUT2D eigenvalue weighted by Gasteiger charge is -2.47. The third kappa shape index (κ3) is 2.82. The predicted molar refractivity (Wildman–Crippen MR) is 86.7 cm³/mol. The average molecular weight is 288 g/mol. The Morgan fingerprint density at radius 3 is 2.76 bits per heavy atom. The van der Waals surface area contributed by atoms with Gasteiger partial charge in [0.2, 0.25) is 0 Å². The van der Waals surface area contributed by atoms with Crippen LogP contribution in [-0.4, -0.2) is 36.7 Å². The van der Waals surface area contributed by atoms with E-state index in [2.05, 4.69) is 62.2 Å². The van der Waals surface area contributed by atoms with Gasteiger partial charge >= 0.3 is 0 Å². The zero-order valence-electron chi connectivity index (χ0n) is 13.7. The van der Waals surface area contributed by atoms with Crippen LogP contribution in [0.2, 0.25) is 0 Å². The maximum Gasteiger partial charge on any atom is 0.124 e. The maximum absolute atomic E-state index is 5.92. The minimum atomic E-state index is 0.288. The summed E-state index contributed by atoms with van der Waals surface area (Å²) < 4.78 is 5.92. The highest BCUT2D eigenvalue weighted by Gasteiger charge is 2.39. The molecule has 0 amide bonds. The molecule has 0 spiro atoms. The lowest BCUT2D eigenvalue weighted by molar-refractivity contribution is 0.0390. The molecule has 2 aliphatic heterocycles. The monoisotopic (exact) mass is 288 g/mol. The number of nitrogens with zero attached hydrogens (tertiary/aromatic N) is 1. The van der Waals surface area contributed by atoms with Crippen LogP contribution in [0.15, 0.2) is 24.3 Å². The zero-order valence-corrected chi connectivity index (χ0v) is 13.7. The van der Waals surface area contributed by atoms with Crippen LogP contribution in [0.1, 0.15) is 45.7 Å². The number of ether oxygens (including phenoxy) is 1. The minimum absolute atomic E-state index is 0.288. The van der Waals surface area contributed by atoms with Crippen LogP contribution >= 0.6 is 0 Å². The summed E-state index contributed by atoms with van der Waals surface area (Å²) in [6.07, 6.45) is 1.18. The summed E-state index contributed by atoms with van der Waals surface area (Å²) in [7, 11) is 0. The maximum atomic E-state index is 5.92. The number of hydrogen-bond acceptors (Lipinski definition) is 3. The molecule has 1 aromatic rings. The summed E-state index contributed by atoms with van der Waals surface area (Å²) in [5.74, 6) is 1.07. The minimum Gasteiger partial charge on any atom is -0.491 e. The number of nitrogens with one attached hydrogen (secondary N) is 1. The molecule has 0 aromatic heterocycles. The molecule has 0 radical (unpaired) electrons. The molecule has 2 aliphatic rings. The normalized spacial score (nSPS) is 30.0. The van der Waals surface area contributed by atoms with Crippen molar-refractivity contribution in [3.8, 4) is 5.75 Å². The van der Waals surface area contributed by atoms with E-state index in [4.69, 9.17) is 4.74 Å². The number of para-hydroxylation sites is 1. The Morgan fingerprint density at radius 2 is 2.05 bits per heavy atom. The molecule has 3 unspecified atom stereocenters. The van der Waals surface area contributed by atoms with Gasteiger partial charge < -0.3 is 10.1 Å². The van der Waals surface area contributed by atoms with Gasteiger partial charge in [0.25, 0.3) is 0 Å². The second-order valence-electron chi connectivity index (χ2n) is 7.45. The van der Waals surface area contributed by atoms with Crippen LogP contribution in [0.5, 0.6) is 5.75 Å². The van der Waals surface area contributed by atoms with Crippen LogP contribution in [0.25, 0.3) is 0 Å². The molecule has 3 heteroatoms. The van der Waals surface area contributed by atoms with Gasteiger partial charge in [-0.05, 0) is 17.9 Å². The van der Waals surface area contributed by atoms with Gasteiger partial charge in [-0.15, -0.1) is 0 Å². The number of piperazine rings is 1. The Bertz CT molecular complexity index is 494. The molecule has 0 aliphatic carbocycles. The van der Waals surface area contributed by atoms with Crippen LogP contribution in [0, 0.1) is 5.41 Å². The third-order valence-corrected chi connectivity index (χ3v) is 5.05. The molecule has 1 aromatic carbocycles. The largest absolute Gasteiger partial charge is 0.491 e. The highest BCUT2D eigenvalue weighted by Crippen LogP contribution is 2.38. The summed E-state index contributed by atoms with van der Waals surface area (Å²) in [6.45, 7) is 12.3. The first kappa shape index (κ1) is 14.9. The standard InChI is InChI=1S/C18H28N2O/c1-5-13-10-19-17(18(2,3)4)11-20(13)15-12-21-16-9-7-6-8-14(15)16/h6-9,13,15,17,19H,5,10-12H2,1-4H3. The molecule has 3 rings (SSSR count). The van der Waals surface area contributed by atoms with Crippen molar-refractivity contribution in [2.45, 2.75) is 52.2 Å². The first-order valence-corrected chi connectivity index (χ1v) is 8.21. The first-order chi connectivity index (χ1) is 10.0. The van der Waals surface area contributed by atoms with E-state index in [0.29, 0.717) is 18.1 Å². The fraction of sp³-hybridized carbons (Fsp3) is 0.667. The third-order valence-electron chi connectivity index (χ3n) is 5.05. The quantitative estimate of drug-likeness (QED) is 0.904. The Balaban J connectivity index is 1.84. The Labute approximate surface area is 128 Å². The molecule has 3 atom stereocenters. The molecule has 3 nitrogen and oxygen atoms in total. The number of benzene rings is 1. The van der Waals surface area contributed by atoms with E-state index in [1.165, 1.54) is 12.0 Å². The summed E-state index contributed by atoms with van der Waals surface area (Å²) >= 11 is 0. The fourth-order valence-corrected chi connectivity index (χ4v) is 3.58. The summed E-state index contributed by atoms with van der Waals surface area (Å²) in [5, 5.41) is 3.75. The van der Waals surface area contributed by atoms with Crippen molar-refractivity contribution in [1.82, 2.24) is 10.2 Å². The lowest BCUT2D eigenvalue weighted by atomic mass is 9.84. The van der Waals surface area contributed by atoms with Gasteiger partial charge in [0.1, 0.15) is 12.4 Å². The molecule has 2 heterocycles. The van der Waals surface area contributed by atoms with Gasteiger partial charge in [-0.2, -0.15) is 0 Å². The van der Waals surface area contributed by atoms with E-state index in [-0.39, 0.29) is 5.41 Å². The number of fused-ring (bicyclic) bond motifs is 1.